The monoisotopic (exact) mass is 244 g/mol. The highest BCUT2D eigenvalue weighted by Gasteiger charge is 2.43. The van der Waals surface area contributed by atoms with E-state index in [4.69, 9.17) is 4.55 Å². The molecular weight excluding hydrogens is 228 g/mol. The summed E-state index contributed by atoms with van der Waals surface area (Å²) in [4.78, 5) is 4.36. The lowest BCUT2D eigenvalue weighted by Crippen LogP contribution is -2.57. The smallest absolute Gasteiger partial charge is 0.264 e. The van der Waals surface area contributed by atoms with E-state index in [0.717, 1.165) is 17.8 Å². The van der Waals surface area contributed by atoms with Crippen molar-refractivity contribution in [3.63, 3.8) is 0 Å². The third-order valence-corrected chi connectivity index (χ3v) is 3.76. The largest absolute Gasteiger partial charge is 0.361 e. The predicted octanol–water partition coefficient (Wildman–Crippen LogP) is 0.948. The van der Waals surface area contributed by atoms with Gasteiger partial charge in [0.15, 0.2) is 5.66 Å². The molecule has 0 fully saturated rings. The second kappa shape index (κ2) is 3.56. The summed E-state index contributed by atoms with van der Waals surface area (Å²) in [5.74, 6) is -0.0775. The lowest BCUT2D eigenvalue weighted by atomic mass is 9.85. The van der Waals surface area contributed by atoms with Crippen molar-refractivity contribution in [3.05, 3.63) is 11.8 Å². The lowest BCUT2D eigenvalue weighted by Gasteiger charge is -2.46. The fourth-order valence-corrected chi connectivity index (χ4v) is 2.77. The van der Waals surface area contributed by atoms with Crippen LogP contribution in [0.1, 0.15) is 26.7 Å². The van der Waals surface area contributed by atoms with E-state index in [1.54, 1.807) is 0 Å². The summed E-state index contributed by atoms with van der Waals surface area (Å²) < 4.78 is 29.8. The minimum absolute atomic E-state index is 0.114. The van der Waals surface area contributed by atoms with Crippen molar-refractivity contribution in [2.75, 3.05) is 5.75 Å². The highest BCUT2D eigenvalue weighted by Crippen LogP contribution is 2.37. The first kappa shape index (κ1) is 11.6. The quantitative estimate of drug-likeness (QED) is 0.722. The molecule has 0 bridgehead atoms. The number of nitrogens with one attached hydrogen (secondary N) is 1. The molecule has 0 aliphatic carbocycles. The summed E-state index contributed by atoms with van der Waals surface area (Å²) in [6.07, 6.45) is 3.41. The number of hydrogen-bond donors (Lipinski definition) is 2. The van der Waals surface area contributed by atoms with Gasteiger partial charge in [-0.15, -0.1) is 0 Å². The van der Waals surface area contributed by atoms with Crippen LogP contribution in [0, 0.1) is 5.92 Å². The zero-order valence-electron chi connectivity index (χ0n) is 9.40. The molecule has 0 radical (unpaired) electrons. The Morgan fingerprint density at radius 3 is 2.69 bits per heavy atom. The lowest BCUT2D eigenvalue weighted by molar-refractivity contribution is 0.346. The van der Waals surface area contributed by atoms with E-state index in [1.807, 2.05) is 13.8 Å². The highest BCUT2D eigenvalue weighted by molar-refractivity contribution is 7.85. The van der Waals surface area contributed by atoms with Crippen molar-refractivity contribution in [2.45, 2.75) is 32.4 Å². The summed E-state index contributed by atoms with van der Waals surface area (Å²) in [6.45, 7) is 3.92. The van der Waals surface area contributed by atoms with Crippen LogP contribution in [0.15, 0.2) is 16.8 Å². The molecule has 5 nitrogen and oxygen atoms in total. The molecule has 16 heavy (non-hydrogen) atoms. The molecule has 0 aromatic rings. The van der Waals surface area contributed by atoms with Crippen LogP contribution in [-0.2, 0) is 10.1 Å². The predicted molar refractivity (Wildman–Crippen MR) is 61.9 cm³/mol. The first-order valence-electron chi connectivity index (χ1n) is 5.31. The number of nitrogens with zero attached hydrogens (tertiary/aromatic N) is 1. The van der Waals surface area contributed by atoms with Crippen LogP contribution in [0.4, 0.5) is 0 Å². The van der Waals surface area contributed by atoms with Gasteiger partial charge in [0.2, 0.25) is 0 Å². The minimum Gasteiger partial charge on any atom is -0.361 e. The summed E-state index contributed by atoms with van der Waals surface area (Å²) in [7, 11) is -3.85. The summed E-state index contributed by atoms with van der Waals surface area (Å²) >= 11 is 0. The van der Waals surface area contributed by atoms with E-state index in [0.29, 0.717) is 6.42 Å². The van der Waals surface area contributed by atoms with Crippen molar-refractivity contribution < 1.29 is 13.0 Å². The molecule has 6 heteroatoms. The maximum Gasteiger partial charge on any atom is 0.264 e. The van der Waals surface area contributed by atoms with Crippen molar-refractivity contribution in [1.29, 1.82) is 0 Å². The van der Waals surface area contributed by atoms with Crippen LogP contribution in [-0.4, -0.2) is 30.1 Å². The van der Waals surface area contributed by atoms with Crippen LogP contribution in [0.5, 0.6) is 0 Å². The molecule has 0 aromatic carbocycles. The minimum atomic E-state index is -3.85. The molecule has 2 unspecified atom stereocenters. The molecule has 2 aliphatic heterocycles. The Morgan fingerprint density at radius 1 is 1.69 bits per heavy atom. The van der Waals surface area contributed by atoms with E-state index in [2.05, 4.69) is 16.4 Å². The summed E-state index contributed by atoms with van der Waals surface area (Å²) in [5.41, 5.74) is 1.97. The SMILES string of the molecule is CC1=NC2(C=C(C(C)CCS(=O)(=O)O)N2)C1. The van der Waals surface area contributed by atoms with Crippen LogP contribution in [0.3, 0.4) is 0 Å². The fraction of sp³-hybridized carbons (Fsp3) is 0.700. The molecular formula is C10H16N2O3S. The molecule has 2 rings (SSSR count). The molecule has 0 saturated heterocycles. The van der Waals surface area contributed by atoms with E-state index >= 15 is 0 Å². The van der Waals surface area contributed by atoms with Crippen molar-refractivity contribution in [1.82, 2.24) is 5.32 Å². The van der Waals surface area contributed by atoms with Crippen LogP contribution >= 0.6 is 0 Å². The maximum absolute atomic E-state index is 10.6. The van der Waals surface area contributed by atoms with Gasteiger partial charge in [-0.25, -0.2) is 0 Å². The van der Waals surface area contributed by atoms with Gasteiger partial charge in [0, 0.05) is 17.8 Å². The van der Waals surface area contributed by atoms with Gasteiger partial charge in [0.25, 0.3) is 10.1 Å². The maximum atomic E-state index is 10.6. The molecule has 0 saturated carbocycles. The van der Waals surface area contributed by atoms with Gasteiger partial charge in [-0.1, -0.05) is 6.92 Å². The van der Waals surface area contributed by atoms with Gasteiger partial charge in [-0.05, 0) is 25.3 Å². The Kier molecular flexibility index (Phi) is 2.58. The molecule has 1 spiro atoms. The number of allylic oxidation sites excluding steroid dienone is 1. The van der Waals surface area contributed by atoms with Gasteiger partial charge in [0.1, 0.15) is 0 Å². The average Bonchev–Trinajstić information content (AvgIpc) is 2.03. The van der Waals surface area contributed by atoms with Gasteiger partial charge in [-0.3, -0.25) is 9.55 Å². The molecule has 2 heterocycles. The van der Waals surface area contributed by atoms with Crippen molar-refractivity contribution in [3.8, 4) is 0 Å². The average molecular weight is 244 g/mol. The molecule has 0 amide bonds. The Labute approximate surface area is 95.4 Å². The van der Waals surface area contributed by atoms with Crippen LogP contribution < -0.4 is 5.32 Å². The van der Waals surface area contributed by atoms with E-state index < -0.39 is 10.1 Å². The van der Waals surface area contributed by atoms with Gasteiger partial charge >= 0.3 is 0 Å². The number of rotatable bonds is 4. The van der Waals surface area contributed by atoms with E-state index in [1.165, 1.54) is 0 Å². The molecule has 90 valence electrons. The Balaban J connectivity index is 1.88. The van der Waals surface area contributed by atoms with Crippen LogP contribution in [0.2, 0.25) is 0 Å². The number of hydrogen-bond acceptors (Lipinski definition) is 4. The third kappa shape index (κ3) is 2.27. The number of aliphatic imine (C=N–C) groups is 1. The highest BCUT2D eigenvalue weighted by atomic mass is 32.2. The molecule has 2 atom stereocenters. The van der Waals surface area contributed by atoms with Gasteiger partial charge < -0.3 is 5.32 Å². The summed E-state index contributed by atoms with van der Waals surface area (Å²) in [5, 5.41) is 3.26. The van der Waals surface area contributed by atoms with E-state index in [9.17, 15) is 8.42 Å². The second-order valence-electron chi connectivity index (χ2n) is 4.65. The Bertz CT molecular complexity index is 466. The third-order valence-electron chi connectivity index (χ3n) is 3.01. The standard InChI is InChI=1S/C10H16N2O3S/c1-7(3-4-16(13,14)15)9-6-10(12-9)5-8(2)11-10/h6-7,12H,3-5H2,1-2H3,(H,13,14,15). The van der Waals surface area contributed by atoms with Gasteiger partial charge in [-0.2, -0.15) is 8.42 Å². The zero-order valence-corrected chi connectivity index (χ0v) is 10.2. The summed E-state index contributed by atoms with van der Waals surface area (Å²) in [6, 6.07) is 0. The van der Waals surface area contributed by atoms with Gasteiger partial charge in [0.05, 0.1) is 5.75 Å². The van der Waals surface area contributed by atoms with Crippen molar-refractivity contribution >= 4 is 15.8 Å². The van der Waals surface area contributed by atoms with E-state index in [-0.39, 0.29) is 17.3 Å². The Morgan fingerprint density at radius 2 is 2.25 bits per heavy atom. The normalized spacial score (nSPS) is 29.7. The molecule has 0 aromatic heterocycles. The fourth-order valence-electron chi connectivity index (χ4n) is 2.12. The Hall–Kier alpha value is -0.880. The first-order chi connectivity index (χ1) is 7.30. The first-order valence-corrected chi connectivity index (χ1v) is 6.92. The topological polar surface area (TPSA) is 78.8 Å². The molecule has 2 N–H and O–H groups in total. The zero-order chi connectivity index (χ0) is 12.0. The second-order valence-corrected chi connectivity index (χ2v) is 6.22. The molecule has 2 aliphatic rings. The van der Waals surface area contributed by atoms with Crippen molar-refractivity contribution in [2.24, 2.45) is 10.9 Å². The van der Waals surface area contributed by atoms with Crippen LogP contribution in [0.25, 0.3) is 0 Å².